The van der Waals surface area contributed by atoms with Crippen LogP contribution in [0.1, 0.15) is 23.0 Å². The van der Waals surface area contributed by atoms with Crippen LogP contribution in [0.15, 0.2) is 63.9 Å². The highest BCUT2D eigenvalue weighted by atomic mass is 32.2. The van der Waals surface area contributed by atoms with Crippen molar-refractivity contribution in [3.63, 3.8) is 0 Å². The van der Waals surface area contributed by atoms with Gasteiger partial charge in [0.25, 0.3) is 5.91 Å². The van der Waals surface area contributed by atoms with Crippen LogP contribution in [0.2, 0.25) is 0 Å². The van der Waals surface area contributed by atoms with E-state index in [1.807, 2.05) is 30.3 Å². The fourth-order valence-corrected chi connectivity index (χ4v) is 3.31. The Morgan fingerprint density at radius 1 is 1.16 bits per heavy atom. The molecule has 0 unspecified atom stereocenters. The van der Waals surface area contributed by atoms with Crippen LogP contribution in [0.4, 0.5) is 0 Å². The van der Waals surface area contributed by atoms with Gasteiger partial charge in [0.1, 0.15) is 16.6 Å². The highest BCUT2D eigenvalue weighted by Gasteiger charge is 2.18. The highest BCUT2D eigenvalue weighted by Crippen LogP contribution is 2.27. The summed E-state index contributed by atoms with van der Waals surface area (Å²) in [7, 11) is 0. The Morgan fingerprint density at radius 2 is 1.88 bits per heavy atom. The fourth-order valence-electron chi connectivity index (χ4n) is 2.38. The lowest BCUT2D eigenvalue weighted by Gasteiger charge is -2.11. The van der Waals surface area contributed by atoms with Gasteiger partial charge in [0.05, 0.1) is 12.1 Å². The molecule has 5 nitrogen and oxygen atoms in total. The Morgan fingerprint density at radius 3 is 2.64 bits per heavy atom. The highest BCUT2D eigenvalue weighted by molar-refractivity contribution is 8.00. The Bertz CT molecular complexity index is 885. The molecule has 0 saturated heterocycles. The predicted octanol–water partition coefficient (Wildman–Crippen LogP) is 3.93. The van der Waals surface area contributed by atoms with Gasteiger partial charge >= 0.3 is 5.97 Å². The van der Waals surface area contributed by atoms with Crippen molar-refractivity contribution in [2.24, 2.45) is 0 Å². The van der Waals surface area contributed by atoms with E-state index in [1.54, 1.807) is 31.2 Å². The number of carboxylic acid groups (broad SMARTS) is 1. The zero-order valence-electron chi connectivity index (χ0n) is 13.6. The maximum Gasteiger partial charge on any atom is 0.316 e. The Kier molecular flexibility index (Phi) is 5.09. The molecule has 3 rings (SSSR count). The summed E-state index contributed by atoms with van der Waals surface area (Å²) in [6.45, 7) is 1.86. The standard InChI is InChI=1S/C19H17NO4S/c1-12(19(22)23)25-17-9-5-3-7-15(17)18(21)20-11-14-10-13-6-2-4-8-16(13)24-14/h2-10,12H,11H2,1H3,(H,20,21)(H,22,23)/t12-/m1/s1. The number of thioether (sulfide) groups is 1. The number of carbonyl (C=O) groups is 2. The molecule has 0 saturated carbocycles. The van der Waals surface area contributed by atoms with Crippen LogP contribution in [0, 0.1) is 0 Å². The minimum Gasteiger partial charge on any atom is -0.480 e. The summed E-state index contributed by atoms with van der Waals surface area (Å²) in [6, 6.07) is 16.5. The quantitative estimate of drug-likeness (QED) is 0.655. The summed E-state index contributed by atoms with van der Waals surface area (Å²) >= 11 is 1.15. The van der Waals surface area contributed by atoms with E-state index in [2.05, 4.69) is 5.32 Å². The molecular formula is C19H17NO4S. The van der Waals surface area contributed by atoms with Crippen LogP contribution in [-0.2, 0) is 11.3 Å². The van der Waals surface area contributed by atoms with Crippen LogP contribution in [0.25, 0.3) is 11.0 Å². The summed E-state index contributed by atoms with van der Waals surface area (Å²) in [5.41, 5.74) is 1.23. The van der Waals surface area contributed by atoms with Crippen LogP contribution < -0.4 is 5.32 Å². The molecular weight excluding hydrogens is 338 g/mol. The maximum absolute atomic E-state index is 12.5. The van der Waals surface area contributed by atoms with Gasteiger partial charge in [0.2, 0.25) is 0 Å². The molecule has 1 aromatic heterocycles. The molecule has 0 radical (unpaired) electrons. The first kappa shape index (κ1) is 17.1. The number of rotatable bonds is 6. The van der Waals surface area contributed by atoms with Gasteiger partial charge in [0, 0.05) is 10.3 Å². The second kappa shape index (κ2) is 7.44. The number of hydrogen-bond acceptors (Lipinski definition) is 4. The summed E-state index contributed by atoms with van der Waals surface area (Å²) in [5.74, 6) is -0.512. The van der Waals surface area contributed by atoms with Crippen LogP contribution in [-0.4, -0.2) is 22.2 Å². The number of carbonyl (C=O) groups excluding carboxylic acids is 1. The van der Waals surface area contributed by atoms with Gasteiger partial charge in [-0.1, -0.05) is 30.3 Å². The zero-order chi connectivity index (χ0) is 17.8. The average Bonchev–Trinajstić information content (AvgIpc) is 3.03. The van der Waals surface area contributed by atoms with E-state index in [-0.39, 0.29) is 12.5 Å². The second-order valence-electron chi connectivity index (χ2n) is 5.53. The molecule has 3 aromatic rings. The van der Waals surface area contributed by atoms with E-state index >= 15 is 0 Å². The Hall–Kier alpha value is -2.73. The second-order valence-corrected chi connectivity index (χ2v) is 6.91. The summed E-state index contributed by atoms with van der Waals surface area (Å²) in [4.78, 5) is 24.2. The van der Waals surface area contributed by atoms with Crippen LogP contribution in [0.5, 0.6) is 0 Å². The molecule has 0 spiro atoms. The van der Waals surface area contributed by atoms with E-state index in [0.717, 1.165) is 22.7 Å². The van der Waals surface area contributed by atoms with Gasteiger partial charge in [-0.15, -0.1) is 11.8 Å². The number of para-hydroxylation sites is 1. The number of hydrogen-bond donors (Lipinski definition) is 2. The molecule has 2 N–H and O–H groups in total. The number of aliphatic carboxylic acids is 1. The number of benzene rings is 2. The minimum absolute atomic E-state index is 0.263. The molecule has 6 heteroatoms. The van der Waals surface area contributed by atoms with E-state index in [9.17, 15) is 9.59 Å². The van der Waals surface area contributed by atoms with Crippen molar-refractivity contribution < 1.29 is 19.1 Å². The third kappa shape index (κ3) is 4.03. The van der Waals surface area contributed by atoms with Crippen molar-refractivity contribution in [1.82, 2.24) is 5.32 Å². The normalized spacial score (nSPS) is 12.0. The van der Waals surface area contributed by atoms with E-state index in [0.29, 0.717) is 16.2 Å². The molecule has 0 aliphatic rings. The predicted molar refractivity (Wildman–Crippen MR) is 96.8 cm³/mol. The molecule has 25 heavy (non-hydrogen) atoms. The number of furan rings is 1. The van der Waals surface area contributed by atoms with Gasteiger partial charge in [-0.3, -0.25) is 9.59 Å². The topological polar surface area (TPSA) is 79.5 Å². The molecule has 1 atom stereocenters. The van der Waals surface area contributed by atoms with Crippen molar-refractivity contribution in [3.8, 4) is 0 Å². The minimum atomic E-state index is -0.914. The summed E-state index contributed by atoms with van der Waals surface area (Å²) in [6.07, 6.45) is 0. The molecule has 0 aliphatic carbocycles. The number of amides is 1. The first-order valence-corrected chi connectivity index (χ1v) is 8.66. The molecule has 0 aliphatic heterocycles. The van der Waals surface area contributed by atoms with Crippen molar-refractivity contribution in [1.29, 1.82) is 0 Å². The van der Waals surface area contributed by atoms with Crippen LogP contribution in [0.3, 0.4) is 0 Å². The van der Waals surface area contributed by atoms with Gasteiger partial charge in [-0.2, -0.15) is 0 Å². The van der Waals surface area contributed by atoms with Gasteiger partial charge in [-0.05, 0) is 31.2 Å². The van der Waals surface area contributed by atoms with E-state index in [4.69, 9.17) is 9.52 Å². The smallest absolute Gasteiger partial charge is 0.316 e. The van der Waals surface area contributed by atoms with Crippen molar-refractivity contribution in [3.05, 3.63) is 65.9 Å². The molecule has 1 heterocycles. The molecule has 2 aromatic carbocycles. The third-order valence-electron chi connectivity index (χ3n) is 3.68. The molecule has 0 fully saturated rings. The lowest BCUT2D eigenvalue weighted by Crippen LogP contribution is -2.23. The van der Waals surface area contributed by atoms with Gasteiger partial charge < -0.3 is 14.8 Å². The Balaban J connectivity index is 1.71. The molecule has 1 amide bonds. The third-order valence-corrected chi connectivity index (χ3v) is 4.85. The average molecular weight is 355 g/mol. The van der Waals surface area contributed by atoms with Crippen molar-refractivity contribution >= 4 is 34.6 Å². The molecule has 0 bridgehead atoms. The first-order valence-electron chi connectivity index (χ1n) is 7.79. The monoisotopic (exact) mass is 355 g/mol. The van der Waals surface area contributed by atoms with Crippen molar-refractivity contribution in [2.45, 2.75) is 23.6 Å². The lowest BCUT2D eigenvalue weighted by molar-refractivity contribution is -0.136. The SMILES string of the molecule is C[C@@H](Sc1ccccc1C(=O)NCc1cc2ccccc2o1)C(=O)O. The van der Waals surface area contributed by atoms with Crippen LogP contribution >= 0.6 is 11.8 Å². The van der Waals surface area contributed by atoms with E-state index in [1.165, 1.54) is 0 Å². The summed E-state index contributed by atoms with van der Waals surface area (Å²) < 4.78 is 5.68. The number of carboxylic acids is 1. The fraction of sp³-hybridized carbons (Fsp3) is 0.158. The first-order chi connectivity index (χ1) is 12.0. The largest absolute Gasteiger partial charge is 0.480 e. The van der Waals surface area contributed by atoms with Gasteiger partial charge in [0.15, 0.2) is 0 Å². The Labute approximate surface area is 149 Å². The number of fused-ring (bicyclic) bond motifs is 1. The zero-order valence-corrected chi connectivity index (χ0v) is 14.4. The lowest BCUT2D eigenvalue weighted by atomic mass is 10.2. The van der Waals surface area contributed by atoms with Gasteiger partial charge in [-0.25, -0.2) is 0 Å². The molecule has 128 valence electrons. The van der Waals surface area contributed by atoms with Crippen molar-refractivity contribution in [2.75, 3.05) is 0 Å². The summed E-state index contributed by atoms with van der Waals surface area (Å²) in [5, 5.41) is 12.2. The number of nitrogens with one attached hydrogen (secondary N) is 1. The van der Waals surface area contributed by atoms with E-state index < -0.39 is 11.2 Å². The maximum atomic E-state index is 12.5.